The second kappa shape index (κ2) is 10.2. The van der Waals surface area contributed by atoms with Gasteiger partial charge >= 0.3 is 6.09 Å². The molecule has 1 saturated heterocycles. The smallest absolute Gasteiger partial charge is 0.405 e. The number of thiophene rings is 1. The minimum atomic E-state index is -1.45. The Morgan fingerprint density at radius 2 is 1.97 bits per heavy atom. The summed E-state index contributed by atoms with van der Waals surface area (Å²) in [6.07, 6.45) is -1.45. The van der Waals surface area contributed by atoms with Gasteiger partial charge in [-0.1, -0.05) is 29.8 Å². The van der Waals surface area contributed by atoms with Crippen LogP contribution >= 0.6 is 22.9 Å². The second-order valence-electron chi connectivity index (χ2n) is 6.37. The number of anilines is 1. The van der Waals surface area contributed by atoms with Crippen LogP contribution in [0.1, 0.15) is 9.67 Å². The third kappa shape index (κ3) is 5.72. The lowest BCUT2D eigenvalue weighted by Gasteiger charge is -2.38. The van der Waals surface area contributed by atoms with Gasteiger partial charge in [-0.05, 0) is 24.3 Å². The van der Waals surface area contributed by atoms with Gasteiger partial charge in [0.25, 0.3) is 17.7 Å². The van der Waals surface area contributed by atoms with Crippen molar-refractivity contribution in [3.63, 3.8) is 0 Å². The fraction of sp³-hybridized carbons (Fsp3) is 0.263. The number of halogens is 1. The summed E-state index contributed by atoms with van der Waals surface area (Å²) in [5.74, 6) is -1.68. The SMILES string of the molecule is O=C(O)NC(CNC(=O)c1ccc(Cl)s1)C(=O)N(c1ccccc1)N1CCOCC1=O. The molecule has 31 heavy (non-hydrogen) atoms. The van der Waals surface area contributed by atoms with E-state index in [1.165, 1.54) is 11.1 Å². The first-order valence-electron chi connectivity index (χ1n) is 9.17. The van der Waals surface area contributed by atoms with Crippen molar-refractivity contribution in [3.8, 4) is 0 Å². The Labute approximate surface area is 186 Å². The van der Waals surface area contributed by atoms with E-state index in [0.29, 0.717) is 14.9 Å². The zero-order valence-electron chi connectivity index (χ0n) is 16.1. The van der Waals surface area contributed by atoms with E-state index in [1.54, 1.807) is 36.4 Å². The first-order valence-corrected chi connectivity index (χ1v) is 10.4. The van der Waals surface area contributed by atoms with Crippen molar-refractivity contribution in [1.82, 2.24) is 15.6 Å². The number of amides is 4. The standard InChI is InChI=1S/C19H19ClN4O6S/c20-15-7-6-14(31-15)17(26)21-10-13(22-19(28)29)18(27)24(12-4-2-1-3-5-12)23-8-9-30-11-16(23)25/h1-7,13,22H,8-11H2,(H,21,26)(H,28,29). The van der Waals surface area contributed by atoms with E-state index in [4.69, 9.17) is 16.3 Å². The molecule has 0 radical (unpaired) electrons. The minimum absolute atomic E-state index is 0.110. The lowest BCUT2D eigenvalue weighted by Crippen LogP contribution is -2.61. The third-order valence-corrected chi connectivity index (χ3v) is 5.50. The molecule has 1 aromatic carbocycles. The molecule has 2 heterocycles. The normalized spacial score (nSPS) is 14.6. The maximum Gasteiger partial charge on any atom is 0.405 e. The first-order chi connectivity index (χ1) is 14.9. The summed E-state index contributed by atoms with van der Waals surface area (Å²) in [7, 11) is 0. The van der Waals surface area contributed by atoms with Gasteiger partial charge in [-0.2, -0.15) is 0 Å². The Morgan fingerprint density at radius 1 is 1.23 bits per heavy atom. The van der Waals surface area contributed by atoms with E-state index < -0.39 is 29.9 Å². The van der Waals surface area contributed by atoms with Crippen LogP contribution in [0.15, 0.2) is 42.5 Å². The largest absolute Gasteiger partial charge is 0.465 e. The van der Waals surface area contributed by atoms with Crippen molar-refractivity contribution in [3.05, 3.63) is 51.7 Å². The van der Waals surface area contributed by atoms with Gasteiger partial charge in [-0.15, -0.1) is 11.3 Å². The molecule has 3 rings (SSSR count). The average Bonchev–Trinajstić information content (AvgIpc) is 3.19. The highest BCUT2D eigenvalue weighted by molar-refractivity contribution is 7.18. The molecule has 1 fully saturated rings. The zero-order chi connectivity index (χ0) is 22.4. The van der Waals surface area contributed by atoms with Gasteiger partial charge in [-0.3, -0.25) is 14.4 Å². The van der Waals surface area contributed by atoms with Gasteiger partial charge in [0.2, 0.25) is 0 Å². The number of benzene rings is 1. The Hall–Kier alpha value is -3.15. The molecule has 1 aliphatic heterocycles. The Balaban J connectivity index is 1.84. The van der Waals surface area contributed by atoms with Crippen LogP contribution in [0.25, 0.3) is 0 Å². The summed E-state index contributed by atoms with van der Waals surface area (Å²) in [4.78, 5) is 49.7. The second-order valence-corrected chi connectivity index (χ2v) is 8.09. The number of carboxylic acid groups (broad SMARTS) is 1. The van der Waals surface area contributed by atoms with Gasteiger partial charge in [0.15, 0.2) is 0 Å². The van der Waals surface area contributed by atoms with Crippen LogP contribution in [-0.2, 0) is 14.3 Å². The number of para-hydroxylation sites is 1. The van der Waals surface area contributed by atoms with E-state index in [-0.39, 0.29) is 26.3 Å². The molecule has 10 nitrogen and oxygen atoms in total. The fourth-order valence-corrected chi connectivity index (χ4v) is 3.85. The van der Waals surface area contributed by atoms with E-state index >= 15 is 0 Å². The number of nitrogens with zero attached hydrogens (tertiary/aromatic N) is 2. The first kappa shape index (κ1) is 22.5. The predicted octanol–water partition coefficient (Wildman–Crippen LogP) is 1.57. The molecule has 0 saturated carbocycles. The van der Waals surface area contributed by atoms with Gasteiger partial charge in [-0.25, -0.2) is 14.8 Å². The van der Waals surface area contributed by atoms with Crippen molar-refractivity contribution in [1.29, 1.82) is 0 Å². The van der Waals surface area contributed by atoms with Crippen LogP contribution in [0.5, 0.6) is 0 Å². The van der Waals surface area contributed by atoms with E-state index in [0.717, 1.165) is 16.3 Å². The van der Waals surface area contributed by atoms with Crippen LogP contribution < -0.4 is 15.6 Å². The molecule has 2 aromatic rings. The van der Waals surface area contributed by atoms with Crippen LogP contribution in [0, 0.1) is 0 Å². The molecule has 0 aliphatic carbocycles. The molecule has 4 amide bonds. The number of ether oxygens (including phenoxy) is 1. The Kier molecular flexibility index (Phi) is 7.45. The van der Waals surface area contributed by atoms with Gasteiger partial charge < -0.3 is 20.5 Å². The summed E-state index contributed by atoms with van der Waals surface area (Å²) >= 11 is 6.89. The van der Waals surface area contributed by atoms with Crippen molar-refractivity contribution >= 4 is 52.4 Å². The molecule has 0 bridgehead atoms. The molecule has 0 spiro atoms. The monoisotopic (exact) mass is 466 g/mol. The number of hydrogen-bond donors (Lipinski definition) is 3. The maximum atomic E-state index is 13.4. The number of hydrazine groups is 1. The summed E-state index contributed by atoms with van der Waals surface area (Å²) in [6, 6.07) is 10.1. The Bertz CT molecular complexity index is 969. The topological polar surface area (TPSA) is 128 Å². The molecule has 12 heteroatoms. The van der Waals surface area contributed by atoms with Crippen molar-refractivity contribution in [2.45, 2.75) is 6.04 Å². The number of nitrogens with one attached hydrogen (secondary N) is 2. The van der Waals surface area contributed by atoms with Gasteiger partial charge in [0.1, 0.15) is 12.6 Å². The lowest BCUT2D eigenvalue weighted by atomic mass is 10.2. The van der Waals surface area contributed by atoms with Gasteiger partial charge in [0, 0.05) is 6.54 Å². The number of carbonyl (C=O) groups excluding carboxylic acids is 3. The molecular weight excluding hydrogens is 448 g/mol. The predicted molar refractivity (Wildman–Crippen MR) is 113 cm³/mol. The highest BCUT2D eigenvalue weighted by atomic mass is 35.5. The quantitative estimate of drug-likeness (QED) is 0.568. The van der Waals surface area contributed by atoms with Crippen LogP contribution in [-0.4, -0.2) is 66.3 Å². The minimum Gasteiger partial charge on any atom is -0.465 e. The lowest BCUT2D eigenvalue weighted by molar-refractivity contribution is -0.147. The van der Waals surface area contributed by atoms with Crippen LogP contribution in [0.4, 0.5) is 10.5 Å². The van der Waals surface area contributed by atoms with Crippen molar-refractivity contribution < 1.29 is 29.0 Å². The molecule has 1 unspecified atom stereocenters. The summed E-state index contributed by atoms with van der Waals surface area (Å²) < 4.78 is 5.55. The summed E-state index contributed by atoms with van der Waals surface area (Å²) in [5, 5.41) is 16.2. The molecule has 3 N–H and O–H groups in total. The third-order valence-electron chi connectivity index (χ3n) is 4.27. The Morgan fingerprint density at radius 3 is 2.58 bits per heavy atom. The van der Waals surface area contributed by atoms with E-state index in [2.05, 4.69) is 10.6 Å². The van der Waals surface area contributed by atoms with Crippen LogP contribution in [0.2, 0.25) is 4.34 Å². The van der Waals surface area contributed by atoms with Crippen LogP contribution in [0.3, 0.4) is 0 Å². The molecule has 164 valence electrons. The fourth-order valence-electron chi connectivity index (χ4n) is 2.89. The van der Waals surface area contributed by atoms with E-state index in [1.807, 2.05) is 0 Å². The number of hydrogen-bond acceptors (Lipinski definition) is 6. The summed E-state index contributed by atoms with van der Waals surface area (Å²) in [5.41, 5.74) is 0.372. The van der Waals surface area contributed by atoms with Crippen molar-refractivity contribution in [2.75, 3.05) is 31.3 Å². The molecule has 1 aromatic heterocycles. The molecule has 1 atom stereocenters. The maximum absolute atomic E-state index is 13.4. The molecular formula is C19H19ClN4O6S. The number of carbonyl (C=O) groups is 4. The van der Waals surface area contributed by atoms with Crippen molar-refractivity contribution in [2.24, 2.45) is 0 Å². The number of rotatable bonds is 7. The number of morpholine rings is 1. The highest BCUT2D eigenvalue weighted by Gasteiger charge is 2.35. The average molecular weight is 467 g/mol. The van der Waals surface area contributed by atoms with Gasteiger partial charge in [0.05, 0.1) is 28.1 Å². The zero-order valence-corrected chi connectivity index (χ0v) is 17.7. The molecule has 1 aliphatic rings. The highest BCUT2D eigenvalue weighted by Crippen LogP contribution is 2.22. The van der Waals surface area contributed by atoms with E-state index in [9.17, 15) is 24.3 Å². The summed E-state index contributed by atoms with van der Waals surface area (Å²) in [6.45, 7) is -0.209.